The van der Waals surface area contributed by atoms with Crippen molar-refractivity contribution in [2.75, 3.05) is 13.2 Å². The Labute approximate surface area is 78.5 Å². The first-order valence-corrected chi connectivity index (χ1v) is 7.14. The molecule has 0 aliphatic heterocycles. The van der Waals surface area contributed by atoms with Crippen LogP contribution in [-0.2, 0) is 13.6 Å². The Balaban J connectivity index is 4.08. The summed E-state index contributed by atoms with van der Waals surface area (Å²) in [7, 11) is 0. The van der Waals surface area contributed by atoms with Crippen molar-refractivity contribution in [3.8, 4) is 0 Å². The van der Waals surface area contributed by atoms with Gasteiger partial charge in [0.2, 0.25) is 0 Å². The molecular weight excluding hydrogens is 195 g/mol. The lowest BCUT2D eigenvalue weighted by molar-refractivity contribution is 0.237. The van der Waals surface area contributed by atoms with E-state index < -0.39 is 6.80 Å². The summed E-state index contributed by atoms with van der Waals surface area (Å²) in [5.74, 6) is 0. The second-order valence-corrected chi connectivity index (χ2v) is 6.98. The molecule has 5 heteroatoms. The van der Waals surface area contributed by atoms with Crippen LogP contribution in [0.25, 0.3) is 0 Å². The molecule has 0 bridgehead atoms. The van der Waals surface area contributed by atoms with Gasteiger partial charge in [0.05, 0.1) is 13.2 Å². The second-order valence-electron chi connectivity index (χ2n) is 2.44. The predicted octanol–water partition coefficient (Wildman–Crippen LogP) is 3.31. The Morgan fingerprint density at radius 1 is 1.25 bits per heavy atom. The minimum absolute atomic E-state index is 0.258. The molecule has 0 heterocycles. The van der Waals surface area contributed by atoms with Gasteiger partial charge in [0, 0.05) is 5.25 Å². The van der Waals surface area contributed by atoms with Crippen molar-refractivity contribution in [2.45, 2.75) is 32.9 Å². The SMILES string of the molecule is CCOP(=O)(OCC)SC(C)C. The van der Waals surface area contributed by atoms with Gasteiger partial charge in [0.15, 0.2) is 0 Å². The average Bonchev–Trinajstić information content (AvgIpc) is 1.85. The summed E-state index contributed by atoms with van der Waals surface area (Å²) in [6.45, 7) is 5.56. The smallest absolute Gasteiger partial charge is 0.301 e. The molecular formula is C7H17O3PS. The fraction of sp³-hybridized carbons (Fsp3) is 1.00. The Kier molecular flexibility index (Phi) is 6.28. The number of rotatable bonds is 6. The van der Waals surface area contributed by atoms with E-state index in [0.717, 1.165) is 0 Å². The highest BCUT2D eigenvalue weighted by atomic mass is 32.7. The molecule has 12 heavy (non-hydrogen) atoms. The molecule has 0 saturated carbocycles. The third-order valence-electron chi connectivity index (χ3n) is 0.914. The minimum atomic E-state index is -2.86. The van der Waals surface area contributed by atoms with E-state index in [4.69, 9.17) is 9.05 Å². The van der Waals surface area contributed by atoms with Crippen LogP contribution in [0.3, 0.4) is 0 Å². The van der Waals surface area contributed by atoms with Crippen molar-refractivity contribution in [2.24, 2.45) is 0 Å². The molecule has 0 aromatic heterocycles. The van der Waals surface area contributed by atoms with Crippen LogP contribution in [0.5, 0.6) is 0 Å². The van der Waals surface area contributed by atoms with E-state index in [1.165, 1.54) is 11.4 Å². The van der Waals surface area contributed by atoms with Crippen LogP contribution in [-0.4, -0.2) is 18.5 Å². The van der Waals surface area contributed by atoms with Crippen molar-refractivity contribution in [3.63, 3.8) is 0 Å². The molecule has 0 radical (unpaired) electrons. The molecule has 0 saturated heterocycles. The largest absolute Gasteiger partial charge is 0.389 e. The Morgan fingerprint density at radius 3 is 1.92 bits per heavy atom. The van der Waals surface area contributed by atoms with Gasteiger partial charge in [-0.1, -0.05) is 13.8 Å². The fourth-order valence-corrected chi connectivity index (χ4v) is 4.56. The maximum Gasteiger partial charge on any atom is 0.389 e. The zero-order valence-corrected chi connectivity index (χ0v) is 9.78. The molecule has 0 aromatic carbocycles. The summed E-state index contributed by atoms with van der Waals surface area (Å²) in [4.78, 5) is 0. The van der Waals surface area contributed by atoms with Crippen LogP contribution >= 0.6 is 18.2 Å². The minimum Gasteiger partial charge on any atom is -0.301 e. The Morgan fingerprint density at radius 2 is 1.67 bits per heavy atom. The molecule has 0 aliphatic carbocycles. The monoisotopic (exact) mass is 212 g/mol. The van der Waals surface area contributed by atoms with E-state index in [1.807, 2.05) is 27.7 Å². The lowest BCUT2D eigenvalue weighted by atomic mass is 10.6. The highest BCUT2D eigenvalue weighted by Gasteiger charge is 2.25. The van der Waals surface area contributed by atoms with Crippen LogP contribution in [0.4, 0.5) is 0 Å². The summed E-state index contributed by atoms with van der Waals surface area (Å²) in [6, 6.07) is 0. The molecule has 3 nitrogen and oxygen atoms in total. The van der Waals surface area contributed by atoms with Gasteiger partial charge in [-0.2, -0.15) is 0 Å². The Hall–Kier alpha value is 0.500. The first kappa shape index (κ1) is 12.5. The van der Waals surface area contributed by atoms with Crippen molar-refractivity contribution < 1.29 is 13.6 Å². The summed E-state index contributed by atoms with van der Waals surface area (Å²) >= 11 is 1.26. The van der Waals surface area contributed by atoms with E-state index >= 15 is 0 Å². The lowest BCUT2D eigenvalue weighted by Crippen LogP contribution is -1.96. The second kappa shape index (κ2) is 6.03. The molecule has 0 rings (SSSR count). The van der Waals surface area contributed by atoms with Crippen LogP contribution in [0.2, 0.25) is 0 Å². The van der Waals surface area contributed by atoms with Crippen molar-refractivity contribution >= 4 is 18.2 Å². The maximum atomic E-state index is 11.7. The normalized spacial score (nSPS) is 12.4. The first-order chi connectivity index (χ1) is 5.54. The third-order valence-corrected chi connectivity index (χ3v) is 5.41. The van der Waals surface area contributed by atoms with Crippen molar-refractivity contribution in [3.05, 3.63) is 0 Å². The molecule has 0 aliphatic rings. The molecule has 0 N–H and O–H groups in total. The average molecular weight is 212 g/mol. The van der Waals surface area contributed by atoms with Gasteiger partial charge in [0.1, 0.15) is 0 Å². The summed E-state index contributed by atoms with van der Waals surface area (Å²) < 4.78 is 21.9. The van der Waals surface area contributed by atoms with Gasteiger partial charge in [-0.05, 0) is 25.2 Å². The van der Waals surface area contributed by atoms with Crippen LogP contribution in [0.1, 0.15) is 27.7 Å². The summed E-state index contributed by atoms with van der Waals surface area (Å²) in [5, 5.41) is 0.258. The van der Waals surface area contributed by atoms with Gasteiger partial charge < -0.3 is 9.05 Å². The quantitative estimate of drug-likeness (QED) is 0.633. The van der Waals surface area contributed by atoms with Gasteiger partial charge in [-0.25, -0.2) is 4.57 Å². The standard InChI is InChI=1S/C7H17O3PS/c1-5-9-11(8,10-6-2)12-7(3)4/h7H,5-6H2,1-4H3. The highest BCUT2D eigenvalue weighted by molar-refractivity contribution is 8.55. The third kappa shape index (κ3) is 5.20. The van der Waals surface area contributed by atoms with E-state index in [-0.39, 0.29) is 5.25 Å². The fourth-order valence-electron chi connectivity index (χ4n) is 0.673. The molecule has 0 fully saturated rings. The van der Waals surface area contributed by atoms with Gasteiger partial charge >= 0.3 is 6.80 Å². The van der Waals surface area contributed by atoms with E-state index in [9.17, 15) is 4.57 Å². The zero-order chi connectivity index (χ0) is 9.61. The maximum absolute atomic E-state index is 11.7. The van der Waals surface area contributed by atoms with E-state index in [0.29, 0.717) is 13.2 Å². The van der Waals surface area contributed by atoms with Crippen LogP contribution in [0, 0.1) is 0 Å². The molecule has 0 unspecified atom stereocenters. The number of hydrogen-bond donors (Lipinski definition) is 0. The molecule has 0 atom stereocenters. The van der Waals surface area contributed by atoms with Gasteiger partial charge in [-0.15, -0.1) is 0 Å². The van der Waals surface area contributed by atoms with Crippen molar-refractivity contribution in [1.82, 2.24) is 0 Å². The van der Waals surface area contributed by atoms with Crippen LogP contribution in [0.15, 0.2) is 0 Å². The Bertz CT molecular complexity index is 151. The summed E-state index contributed by atoms with van der Waals surface area (Å²) in [5.41, 5.74) is 0. The van der Waals surface area contributed by atoms with Gasteiger partial charge in [0.25, 0.3) is 0 Å². The molecule has 0 aromatic rings. The van der Waals surface area contributed by atoms with Crippen LogP contribution < -0.4 is 0 Å². The van der Waals surface area contributed by atoms with Gasteiger partial charge in [-0.3, -0.25) is 0 Å². The topological polar surface area (TPSA) is 35.5 Å². The van der Waals surface area contributed by atoms with Crippen molar-refractivity contribution in [1.29, 1.82) is 0 Å². The zero-order valence-electron chi connectivity index (χ0n) is 8.07. The number of hydrogen-bond acceptors (Lipinski definition) is 4. The molecule has 0 spiro atoms. The lowest BCUT2D eigenvalue weighted by Gasteiger charge is -2.17. The predicted molar refractivity (Wildman–Crippen MR) is 53.6 cm³/mol. The molecule has 74 valence electrons. The molecule has 0 amide bonds. The summed E-state index contributed by atoms with van der Waals surface area (Å²) in [6.07, 6.45) is 0. The van der Waals surface area contributed by atoms with E-state index in [1.54, 1.807) is 0 Å². The first-order valence-electron chi connectivity index (χ1n) is 4.11. The highest BCUT2D eigenvalue weighted by Crippen LogP contribution is 2.61. The van der Waals surface area contributed by atoms with E-state index in [2.05, 4.69) is 0 Å².